The molecule has 5 heteroatoms. The first-order valence-corrected chi connectivity index (χ1v) is 8.85. The topological polar surface area (TPSA) is 57.8 Å². The van der Waals surface area contributed by atoms with E-state index in [-0.39, 0.29) is 5.91 Å². The predicted octanol–water partition coefficient (Wildman–Crippen LogP) is 4.31. The van der Waals surface area contributed by atoms with Crippen molar-refractivity contribution in [1.29, 1.82) is 0 Å². The van der Waals surface area contributed by atoms with Gasteiger partial charge in [0.2, 0.25) is 0 Å². The van der Waals surface area contributed by atoms with Crippen molar-refractivity contribution in [2.45, 2.75) is 33.1 Å². The number of nitrogens with zero attached hydrogens (tertiary/aromatic N) is 1. The van der Waals surface area contributed by atoms with Gasteiger partial charge in [-0.15, -0.1) is 11.3 Å². The Bertz CT molecular complexity index is 893. The molecule has 2 aromatic heterocycles. The van der Waals surface area contributed by atoms with Crippen molar-refractivity contribution in [3.05, 3.63) is 46.1 Å². The highest BCUT2D eigenvalue weighted by molar-refractivity contribution is 7.13. The first-order chi connectivity index (χ1) is 11.1. The molecule has 4 nitrogen and oxygen atoms in total. The standard InChI is InChI=1S/C18H19N3OS/c1-10-3-5-15-13(7-10)14-8-12(4-6-16(14)20-15)17(22)21-18-19-11(2)9-23-18/h4,6,8-10,20H,3,5,7H2,1-2H3,(H,19,21,22). The van der Waals surface area contributed by atoms with Crippen LogP contribution in [-0.2, 0) is 12.8 Å². The average molecular weight is 325 g/mol. The van der Waals surface area contributed by atoms with Crippen molar-refractivity contribution < 1.29 is 4.79 Å². The van der Waals surface area contributed by atoms with Crippen LogP contribution in [0.1, 0.15) is 40.7 Å². The summed E-state index contributed by atoms with van der Waals surface area (Å²) in [7, 11) is 0. The van der Waals surface area contributed by atoms with E-state index in [1.165, 1.54) is 34.4 Å². The van der Waals surface area contributed by atoms with Crippen LogP contribution in [0.15, 0.2) is 23.6 Å². The van der Waals surface area contributed by atoms with Gasteiger partial charge in [0.25, 0.3) is 5.91 Å². The third-order valence-corrected chi connectivity index (χ3v) is 5.41. The average Bonchev–Trinajstić information content (AvgIpc) is 3.10. The van der Waals surface area contributed by atoms with Crippen molar-refractivity contribution in [3.8, 4) is 0 Å². The van der Waals surface area contributed by atoms with Gasteiger partial charge in [-0.05, 0) is 55.9 Å². The van der Waals surface area contributed by atoms with Gasteiger partial charge >= 0.3 is 0 Å². The summed E-state index contributed by atoms with van der Waals surface area (Å²) in [4.78, 5) is 20.3. The normalized spacial score (nSPS) is 17.2. The number of rotatable bonds is 2. The molecule has 1 aliphatic rings. The number of anilines is 1. The third kappa shape index (κ3) is 2.65. The lowest BCUT2D eigenvalue weighted by Crippen LogP contribution is -2.12. The molecule has 118 valence electrons. The summed E-state index contributed by atoms with van der Waals surface area (Å²) in [6.45, 7) is 4.22. The van der Waals surface area contributed by atoms with E-state index in [0.29, 0.717) is 16.6 Å². The van der Waals surface area contributed by atoms with Gasteiger partial charge in [0, 0.05) is 27.5 Å². The van der Waals surface area contributed by atoms with Gasteiger partial charge in [-0.1, -0.05) is 6.92 Å². The SMILES string of the molecule is Cc1csc(NC(=O)c2ccc3[nH]c4c(c3c2)CC(C)CC4)n1. The number of carbonyl (C=O) groups excluding carboxylic acids is 1. The second-order valence-electron chi connectivity index (χ2n) is 6.44. The molecule has 0 saturated carbocycles. The number of amides is 1. The molecule has 1 aromatic carbocycles. The maximum atomic E-state index is 12.5. The highest BCUT2D eigenvalue weighted by Gasteiger charge is 2.20. The number of hydrogen-bond acceptors (Lipinski definition) is 3. The number of hydrogen-bond donors (Lipinski definition) is 2. The monoisotopic (exact) mass is 325 g/mol. The molecular formula is C18H19N3OS. The van der Waals surface area contributed by atoms with Crippen molar-refractivity contribution in [1.82, 2.24) is 9.97 Å². The van der Waals surface area contributed by atoms with Gasteiger partial charge in [0.05, 0.1) is 5.69 Å². The number of aromatic amines is 1. The Morgan fingerprint density at radius 1 is 1.43 bits per heavy atom. The fourth-order valence-electron chi connectivity index (χ4n) is 3.31. The van der Waals surface area contributed by atoms with E-state index >= 15 is 0 Å². The van der Waals surface area contributed by atoms with Gasteiger partial charge < -0.3 is 4.98 Å². The third-order valence-electron chi connectivity index (χ3n) is 4.54. The van der Waals surface area contributed by atoms with Crippen LogP contribution in [0.25, 0.3) is 10.9 Å². The smallest absolute Gasteiger partial charge is 0.257 e. The summed E-state index contributed by atoms with van der Waals surface area (Å²) in [5.74, 6) is 0.609. The molecule has 0 aliphatic heterocycles. The predicted molar refractivity (Wildman–Crippen MR) is 94.3 cm³/mol. The van der Waals surface area contributed by atoms with Crippen molar-refractivity contribution in [2.24, 2.45) is 5.92 Å². The van der Waals surface area contributed by atoms with Crippen LogP contribution in [0.5, 0.6) is 0 Å². The first-order valence-electron chi connectivity index (χ1n) is 7.97. The van der Waals surface area contributed by atoms with E-state index in [4.69, 9.17) is 0 Å². The molecule has 23 heavy (non-hydrogen) atoms. The molecule has 0 bridgehead atoms. The van der Waals surface area contributed by atoms with E-state index in [2.05, 4.69) is 22.2 Å². The largest absolute Gasteiger partial charge is 0.358 e. The summed E-state index contributed by atoms with van der Waals surface area (Å²) < 4.78 is 0. The molecule has 4 rings (SSSR count). The number of aromatic nitrogens is 2. The number of fused-ring (bicyclic) bond motifs is 3. The molecule has 3 aromatic rings. The number of aryl methyl sites for hydroxylation is 2. The van der Waals surface area contributed by atoms with Crippen LogP contribution in [-0.4, -0.2) is 15.9 Å². The van der Waals surface area contributed by atoms with E-state index in [1.807, 2.05) is 30.5 Å². The fraction of sp³-hybridized carbons (Fsp3) is 0.333. The first kappa shape index (κ1) is 14.5. The maximum absolute atomic E-state index is 12.5. The zero-order valence-corrected chi connectivity index (χ0v) is 14.1. The number of nitrogens with one attached hydrogen (secondary N) is 2. The van der Waals surface area contributed by atoms with E-state index in [0.717, 1.165) is 24.1 Å². The molecule has 1 unspecified atom stereocenters. The van der Waals surface area contributed by atoms with Gasteiger partial charge in [-0.3, -0.25) is 10.1 Å². The fourth-order valence-corrected chi connectivity index (χ4v) is 4.00. The van der Waals surface area contributed by atoms with Crippen LogP contribution < -0.4 is 5.32 Å². The Labute approximate surface area is 138 Å². The lowest BCUT2D eigenvalue weighted by atomic mass is 9.87. The lowest BCUT2D eigenvalue weighted by Gasteiger charge is -2.18. The Balaban J connectivity index is 1.68. The molecule has 0 radical (unpaired) electrons. The summed E-state index contributed by atoms with van der Waals surface area (Å²) in [6, 6.07) is 5.91. The van der Waals surface area contributed by atoms with Crippen molar-refractivity contribution in [2.75, 3.05) is 5.32 Å². The summed E-state index contributed by atoms with van der Waals surface area (Å²) in [5, 5.41) is 6.66. The molecule has 0 fully saturated rings. The van der Waals surface area contributed by atoms with Gasteiger partial charge in [0.1, 0.15) is 0 Å². The zero-order chi connectivity index (χ0) is 16.0. The van der Waals surface area contributed by atoms with Crippen molar-refractivity contribution in [3.63, 3.8) is 0 Å². The molecule has 1 aliphatic carbocycles. The van der Waals surface area contributed by atoms with Crippen LogP contribution >= 0.6 is 11.3 Å². The highest BCUT2D eigenvalue weighted by atomic mass is 32.1. The molecule has 2 heterocycles. The Morgan fingerprint density at radius 3 is 3.09 bits per heavy atom. The summed E-state index contributed by atoms with van der Waals surface area (Å²) in [6.07, 6.45) is 3.42. The molecule has 0 saturated heterocycles. The highest BCUT2D eigenvalue weighted by Crippen LogP contribution is 2.32. The number of thiazole rings is 1. The molecule has 0 spiro atoms. The number of H-pyrrole nitrogens is 1. The van der Waals surface area contributed by atoms with E-state index in [9.17, 15) is 4.79 Å². The minimum absolute atomic E-state index is 0.0972. The molecule has 1 atom stereocenters. The number of carbonyl (C=O) groups is 1. The maximum Gasteiger partial charge on any atom is 0.257 e. The Kier molecular flexibility index (Phi) is 3.45. The van der Waals surface area contributed by atoms with Gasteiger partial charge in [-0.2, -0.15) is 0 Å². The molecule has 2 N–H and O–H groups in total. The Hall–Kier alpha value is -2.14. The second kappa shape index (κ2) is 5.49. The second-order valence-corrected chi connectivity index (χ2v) is 7.30. The Morgan fingerprint density at radius 2 is 2.30 bits per heavy atom. The lowest BCUT2D eigenvalue weighted by molar-refractivity contribution is 0.102. The minimum Gasteiger partial charge on any atom is -0.358 e. The molecular weight excluding hydrogens is 306 g/mol. The van der Waals surface area contributed by atoms with Gasteiger partial charge in [0.15, 0.2) is 5.13 Å². The summed E-state index contributed by atoms with van der Waals surface area (Å²) in [5.41, 5.74) is 5.47. The summed E-state index contributed by atoms with van der Waals surface area (Å²) >= 11 is 1.45. The number of benzene rings is 1. The van der Waals surface area contributed by atoms with Crippen molar-refractivity contribution >= 4 is 33.3 Å². The van der Waals surface area contributed by atoms with Crippen LogP contribution in [0.3, 0.4) is 0 Å². The van der Waals surface area contributed by atoms with Crippen LogP contribution in [0.4, 0.5) is 5.13 Å². The van der Waals surface area contributed by atoms with E-state index in [1.54, 1.807) is 0 Å². The quantitative estimate of drug-likeness (QED) is 0.737. The zero-order valence-electron chi connectivity index (χ0n) is 13.3. The van der Waals surface area contributed by atoms with Crippen LogP contribution in [0, 0.1) is 12.8 Å². The minimum atomic E-state index is -0.0972. The van der Waals surface area contributed by atoms with E-state index < -0.39 is 0 Å². The van der Waals surface area contributed by atoms with Gasteiger partial charge in [-0.25, -0.2) is 4.98 Å². The molecule has 1 amide bonds. The van der Waals surface area contributed by atoms with Crippen LogP contribution in [0.2, 0.25) is 0 Å².